The highest BCUT2D eigenvalue weighted by atomic mass is 16.5. The summed E-state index contributed by atoms with van der Waals surface area (Å²) in [7, 11) is 0. The zero-order chi connectivity index (χ0) is 12.9. The number of aliphatic hydroxyl groups is 1. The van der Waals surface area contributed by atoms with Gasteiger partial charge in [-0.05, 0) is 26.3 Å². The lowest BCUT2D eigenvalue weighted by molar-refractivity contribution is -0.0466. The normalized spacial score (nSPS) is 15.6. The molecule has 3 nitrogen and oxygen atoms in total. The fourth-order valence-corrected chi connectivity index (χ4v) is 1.64. The van der Waals surface area contributed by atoms with Gasteiger partial charge in [0.25, 0.3) is 0 Å². The molecule has 0 fully saturated rings. The van der Waals surface area contributed by atoms with Crippen LogP contribution in [0.1, 0.15) is 32.8 Å². The van der Waals surface area contributed by atoms with E-state index in [4.69, 9.17) is 10.5 Å². The van der Waals surface area contributed by atoms with Crippen molar-refractivity contribution in [3.8, 4) is 0 Å². The quantitative estimate of drug-likeness (QED) is 0.824. The summed E-state index contributed by atoms with van der Waals surface area (Å²) >= 11 is 0. The highest BCUT2D eigenvalue weighted by molar-refractivity contribution is 5.22. The lowest BCUT2D eigenvalue weighted by Gasteiger charge is -2.29. The van der Waals surface area contributed by atoms with Gasteiger partial charge in [-0.3, -0.25) is 0 Å². The number of nitrogens with two attached hydrogens (primary N) is 1. The average molecular weight is 237 g/mol. The van der Waals surface area contributed by atoms with Crippen molar-refractivity contribution in [1.29, 1.82) is 0 Å². The molecule has 1 unspecified atom stereocenters. The van der Waals surface area contributed by atoms with Crippen LogP contribution in [-0.2, 0) is 10.3 Å². The number of hydrogen-bond acceptors (Lipinski definition) is 3. The smallest absolute Gasteiger partial charge is 0.104 e. The Bertz CT molecular complexity index is 332. The zero-order valence-corrected chi connectivity index (χ0v) is 10.9. The van der Waals surface area contributed by atoms with Crippen molar-refractivity contribution in [3.05, 3.63) is 35.9 Å². The minimum atomic E-state index is -0.994. The fraction of sp³-hybridized carbons (Fsp3) is 0.571. The van der Waals surface area contributed by atoms with Crippen LogP contribution in [0.15, 0.2) is 30.3 Å². The van der Waals surface area contributed by atoms with Crippen LogP contribution in [0.5, 0.6) is 0 Å². The number of ether oxygens (including phenoxy) is 1. The molecular weight excluding hydrogens is 214 g/mol. The molecule has 0 bridgehead atoms. The molecule has 0 spiro atoms. The molecule has 0 aliphatic carbocycles. The van der Waals surface area contributed by atoms with Crippen LogP contribution in [0.2, 0.25) is 0 Å². The van der Waals surface area contributed by atoms with Crippen LogP contribution in [0.3, 0.4) is 0 Å². The molecule has 3 N–H and O–H groups in total. The van der Waals surface area contributed by atoms with Crippen LogP contribution in [-0.4, -0.2) is 23.9 Å². The monoisotopic (exact) mass is 237 g/mol. The molecule has 1 aromatic carbocycles. The molecule has 0 saturated carbocycles. The Morgan fingerprint density at radius 1 is 1.18 bits per heavy atom. The summed E-state index contributed by atoms with van der Waals surface area (Å²) in [6, 6.07) is 9.52. The van der Waals surface area contributed by atoms with Gasteiger partial charge in [-0.1, -0.05) is 30.3 Å². The first-order valence-electron chi connectivity index (χ1n) is 5.99. The minimum Gasteiger partial charge on any atom is -0.384 e. The Morgan fingerprint density at radius 3 is 2.24 bits per heavy atom. The predicted molar refractivity (Wildman–Crippen MR) is 69.7 cm³/mol. The SMILES string of the molecule is CC(C)(C)OCCC(O)(CN)c1ccccc1. The number of benzene rings is 1. The topological polar surface area (TPSA) is 55.5 Å². The predicted octanol–water partition coefficient (Wildman–Crippen LogP) is 2.04. The second-order valence-electron chi connectivity index (χ2n) is 5.31. The molecule has 3 heteroatoms. The standard InChI is InChI=1S/C14H23NO2/c1-13(2,3)17-10-9-14(16,11-15)12-7-5-4-6-8-12/h4-8,16H,9-11,15H2,1-3H3. The molecule has 0 aromatic heterocycles. The number of rotatable bonds is 5. The first-order valence-corrected chi connectivity index (χ1v) is 5.99. The highest BCUT2D eigenvalue weighted by Gasteiger charge is 2.27. The second-order valence-corrected chi connectivity index (χ2v) is 5.31. The first kappa shape index (κ1) is 14.2. The highest BCUT2D eigenvalue weighted by Crippen LogP contribution is 2.24. The van der Waals surface area contributed by atoms with E-state index in [1.165, 1.54) is 0 Å². The molecule has 17 heavy (non-hydrogen) atoms. The molecule has 1 rings (SSSR count). The van der Waals surface area contributed by atoms with E-state index in [1.807, 2.05) is 51.1 Å². The van der Waals surface area contributed by atoms with Gasteiger partial charge >= 0.3 is 0 Å². The van der Waals surface area contributed by atoms with Gasteiger partial charge in [-0.25, -0.2) is 0 Å². The maximum atomic E-state index is 10.5. The van der Waals surface area contributed by atoms with Crippen molar-refractivity contribution in [2.45, 2.75) is 38.4 Å². The van der Waals surface area contributed by atoms with Crippen molar-refractivity contribution < 1.29 is 9.84 Å². The molecule has 1 atom stereocenters. The van der Waals surface area contributed by atoms with Gasteiger partial charge in [0.05, 0.1) is 12.2 Å². The molecule has 0 saturated heterocycles. The van der Waals surface area contributed by atoms with E-state index in [1.54, 1.807) is 0 Å². The lowest BCUT2D eigenvalue weighted by Crippen LogP contribution is -2.37. The molecule has 0 amide bonds. The maximum Gasteiger partial charge on any atom is 0.104 e. The van der Waals surface area contributed by atoms with Crippen LogP contribution >= 0.6 is 0 Å². The van der Waals surface area contributed by atoms with E-state index < -0.39 is 5.60 Å². The Balaban J connectivity index is 2.64. The summed E-state index contributed by atoms with van der Waals surface area (Å²) in [5.74, 6) is 0. The van der Waals surface area contributed by atoms with Gasteiger partial charge < -0.3 is 15.6 Å². The van der Waals surface area contributed by atoms with Crippen molar-refractivity contribution >= 4 is 0 Å². The third-order valence-corrected chi connectivity index (χ3v) is 2.70. The van der Waals surface area contributed by atoms with E-state index in [-0.39, 0.29) is 12.1 Å². The summed E-state index contributed by atoms with van der Waals surface area (Å²) in [5, 5.41) is 10.5. The largest absolute Gasteiger partial charge is 0.384 e. The zero-order valence-electron chi connectivity index (χ0n) is 10.9. The fourth-order valence-electron chi connectivity index (χ4n) is 1.64. The van der Waals surface area contributed by atoms with Gasteiger partial charge in [0.15, 0.2) is 0 Å². The summed E-state index contributed by atoms with van der Waals surface area (Å²) in [4.78, 5) is 0. The summed E-state index contributed by atoms with van der Waals surface area (Å²) in [6.07, 6.45) is 0.505. The lowest BCUT2D eigenvalue weighted by atomic mass is 9.91. The second kappa shape index (κ2) is 5.63. The third-order valence-electron chi connectivity index (χ3n) is 2.70. The van der Waals surface area contributed by atoms with Gasteiger partial charge in [-0.2, -0.15) is 0 Å². The average Bonchev–Trinajstić information content (AvgIpc) is 2.28. The third kappa shape index (κ3) is 4.46. The molecule has 0 aliphatic heterocycles. The van der Waals surface area contributed by atoms with Crippen LogP contribution in [0.4, 0.5) is 0 Å². The molecule has 0 aliphatic rings. The van der Waals surface area contributed by atoms with Crippen molar-refractivity contribution in [2.75, 3.05) is 13.2 Å². The van der Waals surface area contributed by atoms with E-state index in [9.17, 15) is 5.11 Å². The van der Waals surface area contributed by atoms with E-state index >= 15 is 0 Å². The van der Waals surface area contributed by atoms with E-state index in [2.05, 4.69) is 0 Å². The molecule has 0 radical (unpaired) electrons. The van der Waals surface area contributed by atoms with Gasteiger partial charge in [0, 0.05) is 13.0 Å². The van der Waals surface area contributed by atoms with Gasteiger partial charge in [0.2, 0.25) is 0 Å². The Morgan fingerprint density at radius 2 is 1.76 bits per heavy atom. The minimum absolute atomic E-state index is 0.188. The summed E-state index contributed by atoms with van der Waals surface area (Å²) in [5.41, 5.74) is 5.35. The van der Waals surface area contributed by atoms with Crippen LogP contribution in [0, 0.1) is 0 Å². The molecule has 0 heterocycles. The Labute approximate surface area is 104 Å². The summed E-state index contributed by atoms with van der Waals surface area (Å²) < 4.78 is 5.63. The first-order chi connectivity index (χ1) is 7.87. The van der Waals surface area contributed by atoms with E-state index in [0.717, 1.165) is 5.56 Å². The van der Waals surface area contributed by atoms with Crippen molar-refractivity contribution in [3.63, 3.8) is 0 Å². The molecular formula is C14H23NO2. The van der Waals surface area contributed by atoms with Gasteiger partial charge in [-0.15, -0.1) is 0 Å². The summed E-state index contributed by atoms with van der Waals surface area (Å²) in [6.45, 7) is 6.68. The van der Waals surface area contributed by atoms with Crippen LogP contribution < -0.4 is 5.73 Å². The molecule has 96 valence electrons. The van der Waals surface area contributed by atoms with Gasteiger partial charge in [0.1, 0.15) is 5.60 Å². The van der Waals surface area contributed by atoms with Crippen molar-refractivity contribution in [1.82, 2.24) is 0 Å². The maximum absolute atomic E-state index is 10.5. The van der Waals surface area contributed by atoms with Crippen molar-refractivity contribution in [2.24, 2.45) is 5.73 Å². The van der Waals surface area contributed by atoms with Crippen LogP contribution in [0.25, 0.3) is 0 Å². The molecule has 1 aromatic rings. The Hall–Kier alpha value is -0.900. The Kier molecular flexibility index (Phi) is 4.69. The van der Waals surface area contributed by atoms with E-state index in [0.29, 0.717) is 13.0 Å². The number of hydrogen-bond donors (Lipinski definition) is 2.